The van der Waals surface area contributed by atoms with Gasteiger partial charge in [0.15, 0.2) is 0 Å². The van der Waals surface area contributed by atoms with Crippen LogP contribution < -0.4 is 15.8 Å². The number of aromatic nitrogens is 3. The van der Waals surface area contributed by atoms with Gasteiger partial charge in [0, 0.05) is 6.04 Å². The third-order valence-electron chi connectivity index (χ3n) is 3.37. The normalized spacial score (nSPS) is 17.7. The quantitative estimate of drug-likeness (QED) is 0.830. The maximum Gasteiger partial charge on any atom is 0.323 e. The van der Waals surface area contributed by atoms with E-state index in [1.54, 1.807) is 0 Å². The summed E-state index contributed by atoms with van der Waals surface area (Å²) in [6, 6.07) is 0.634. The van der Waals surface area contributed by atoms with Gasteiger partial charge < -0.3 is 15.8 Å². The fourth-order valence-electron chi connectivity index (χ4n) is 2.41. The molecule has 18 heavy (non-hydrogen) atoms. The first kappa shape index (κ1) is 12.9. The molecule has 6 heteroatoms. The van der Waals surface area contributed by atoms with E-state index in [0.717, 1.165) is 0 Å². The van der Waals surface area contributed by atoms with Crippen LogP contribution in [0.15, 0.2) is 0 Å². The fourth-order valence-corrected chi connectivity index (χ4v) is 2.41. The standard InChI is InChI=1S/C12H21N5O/c1-3-18-12-16-10(13)15-11(17-12)14-8(2)9-6-4-5-7-9/h8-9H,3-7H2,1-2H3,(H3,13,14,15,16,17). The van der Waals surface area contributed by atoms with Crippen LogP contribution in [0.2, 0.25) is 0 Å². The van der Waals surface area contributed by atoms with Gasteiger partial charge in [-0.05, 0) is 32.6 Å². The second-order valence-corrected chi connectivity index (χ2v) is 4.71. The third-order valence-corrected chi connectivity index (χ3v) is 3.37. The highest BCUT2D eigenvalue weighted by atomic mass is 16.5. The minimum Gasteiger partial charge on any atom is -0.464 e. The monoisotopic (exact) mass is 251 g/mol. The van der Waals surface area contributed by atoms with Crippen LogP contribution in [0.5, 0.6) is 6.01 Å². The van der Waals surface area contributed by atoms with Crippen molar-refractivity contribution in [1.82, 2.24) is 15.0 Å². The summed E-state index contributed by atoms with van der Waals surface area (Å²) >= 11 is 0. The first-order valence-corrected chi connectivity index (χ1v) is 6.60. The van der Waals surface area contributed by atoms with Crippen molar-refractivity contribution >= 4 is 11.9 Å². The van der Waals surface area contributed by atoms with Gasteiger partial charge in [-0.25, -0.2) is 0 Å². The molecule has 2 rings (SSSR count). The number of hydrogen-bond donors (Lipinski definition) is 2. The summed E-state index contributed by atoms with van der Waals surface area (Å²) in [6.45, 7) is 4.56. The third kappa shape index (κ3) is 3.21. The van der Waals surface area contributed by atoms with Gasteiger partial charge in [-0.3, -0.25) is 0 Å². The van der Waals surface area contributed by atoms with E-state index >= 15 is 0 Å². The van der Waals surface area contributed by atoms with Crippen molar-refractivity contribution < 1.29 is 4.74 Å². The van der Waals surface area contributed by atoms with E-state index in [0.29, 0.717) is 24.5 Å². The molecule has 1 atom stereocenters. The molecular formula is C12H21N5O. The number of nitrogen functional groups attached to an aromatic ring is 1. The van der Waals surface area contributed by atoms with E-state index in [9.17, 15) is 0 Å². The van der Waals surface area contributed by atoms with Gasteiger partial charge in [-0.15, -0.1) is 0 Å². The Bertz CT molecular complexity index is 392. The van der Waals surface area contributed by atoms with Crippen molar-refractivity contribution in [3.8, 4) is 6.01 Å². The number of hydrogen-bond acceptors (Lipinski definition) is 6. The van der Waals surface area contributed by atoms with E-state index in [1.807, 2.05) is 6.92 Å². The zero-order valence-electron chi connectivity index (χ0n) is 11.0. The molecule has 1 fully saturated rings. The highest BCUT2D eigenvalue weighted by Gasteiger charge is 2.22. The Labute approximate surface area is 107 Å². The van der Waals surface area contributed by atoms with Gasteiger partial charge in [-0.1, -0.05) is 12.8 Å². The lowest BCUT2D eigenvalue weighted by molar-refractivity contribution is 0.312. The van der Waals surface area contributed by atoms with Gasteiger partial charge in [-0.2, -0.15) is 15.0 Å². The Morgan fingerprint density at radius 1 is 1.33 bits per heavy atom. The number of nitrogens with two attached hydrogens (primary N) is 1. The lowest BCUT2D eigenvalue weighted by Crippen LogP contribution is -2.25. The van der Waals surface area contributed by atoms with E-state index in [-0.39, 0.29) is 12.0 Å². The predicted molar refractivity (Wildman–Crippen MR) is 70.5 cm³/mol. The fraction of sp³-hybridized carbons (Fsp3) is 0.750. The summed E-state index contributed by atoms with van der Waals surface area (Å²) in [5.74, 6) is 1.39. The van der Waals surface area contributed by atoms with Crippen molar-refractivity contribution in [2.24, 2.45) is 5.92 Å². The van der Waals surface area contributed by atoms with Crippen molar-refractivity contribution in [2.45, 2.75) is 45.6 Å². The average molecular weight is 251 g/mol. The first-order chi connectivity index (χ1) is 8.69. The number of ether oxygens (including phenoxy) is 1. The molecule has 0 amide bonds. The molecule has 1 aliphatic rings. The van der Waals surface area contributed by atoms with Crippen molar-refractivity contribution in [3.63, 3.8) is 0 Å². The summed E-state index contributed by atoms with van der Waals surface area (Å²) in [7, 11) is 0. The Hall–Kier alpha value is -1.59. The molecule has 1 aromatic heterocycles. The molecule has 0 bridgehead atoms. The summed E-state index contributed by atoms with van der Waals surface area (Å²) in [6.07, 6.45) is 5.18. The van der Waals surface area contributed by atoms with Crippen molar-refractivity contribution in [1.29, 1.82) is 0 Å². The Kier molecular flexibility index (Phi) is 4.17. The van der Waals surface area contributed by atoms with Crippen LogP contribution in [0, 0.1) is 5.92 Å². The van der Waals surface area contributed by atoms with E-state index < -0.39 is 0 Å². The molecule has 1 aromatic rings. The highest BCUT2D eigenvalue weighted by molar-refractivity contribution is 5.33. The number of rotatable bonds is 5. The second-order valence-electron chi connectivity index (χ2n) is 4.71. The summed E-state index contributed by atoms with van der Waals surface area (Å²) < 4.78 is 5.25. The molecule has 100 valence electrons. The molecule has 1 saturated carbocycles. The van der Waals surface area contributed by atoms with Crippen molar-refractivity contribution in [2.75, 3.05) is 17.7 Å². The van der Waals surface area contributed by atoms with Crippen LogP contribution in [0.25, 0.3) is 0 Å². The number of nitrogens with one attached hydrogen (secondary N) is 1. The highest BCUT2D eigenvalue weighted by Crippen LogP contribution is 2.28. The minimum absolute atomic E-state index is 0.189. The molecule has 1 unspecified atom stereocenters. The lowest BCUT2D eigenvalue weighted by atomic mass is 10.0. The van der Waals surface area contributed by atoms with E-state index in [1.165, 1.54) is 25.7 Å². The zero-order valence-corrected chi connectivity index (χ0v) is 11.0. The number of anilines is 2. The topological polar surface area (TPSA) is 86.0 Å². The van der Waals surface area contributed by atoms with Crippen LogP contribution in [-0.4, -0.2) is 27.6 Å². The Morgan fingerprint density at radius 3 is 2.72 bits per heavy atom. The summed E-state index contributed by atoms with van der Waals surface area (Å²) in [5, 5.41) is 3.30. The van der Waals surface area contributed by atoms with Gasteiger partial charge in [0.05, 0.1) is 6.61 Å². The van der Waals surface area contributed by atoms with Crippen LogP contribution >= 0.6 is 0 Å². The van der Waals surface area contributed by atoms with Gasteiger partial charge in [0.2, 0.25) is 11.9 Å². The summed E-state index contributed by atoms with van der Waals surface area (Å²) in [5.41, 5.74) is 5.64. The first-order valence-electron chi connectivity index (χ1n) is 6.60. The molecule has 0 saturated heterocycles. The summed E-state index contributed by atoms with van der Waals surface area (Å²) in [4.78, 5) is 12.2. The lowest BCUT2D eigenvalue weighted by Gasteiger charge is -2.20. The van der Waals surface area contributed by atoms with Crippen LogP contribution in [0.1, 0.15) is 39.5 Å². The molecule has 1 aliphatic carbocycles. The molecule has 6 nitrogen and oxygen atoms in total. The van der Waals surface area contributed by atoms with Gasteiger partial charge in [0.25, 0.3) is 0 Å². The number of nitrogens with zero attached hydrogens (tertiary/aromatic N) is 3. The maximum atomic E-state index is 5.64. The minimum atomic E-state index is 0.189. The largest absolute Gasteiger partial charge is 0.464 e. The second kappa shape index (κ2) is 5.84. The van der Waals surface area contributed by atoms with E-state index in [2.05, 4.69) is 27.2 Å². The molecule has 0 radical (unpaired) electrons. The molecule has 0 aliphatic heterocycles. The Morgan fingerprint density at radius 2 is 2.06 bits per heavy atom. The molecule has 0 spiro atoms. The van der Waals surface area contributed by atoms with Crippen molar-refractivity contribution in [3.05, 3.63) is 0 Å². The van der Waals surface area contributed by atoms with E-state index in [4.69, 9.17) is 10.5 Å². The van der Waals surface area contributed by atoms with Crippen LogP contribution in [0.3, 0.4) is 0 Å². The molecular weight excluding hydrogens is 230 g/mol. The van der Waals surface area contributed by atoms with Crippen LogP contribution in [-0.2, 0) is 0 Å². The predicted octanol–water partition coefficient (Wildman–Crippen LogP) is 1.84. The molecule has 0 aromatic carbocycles. The molecule has 3 N–H and O–H groups in total. The Balaban J connectivity index is 2.03. The van der Waals surface area contributed by atoms with Gasteiger partial charge in [0.1, 0.15) is 0 Å². The van der Waals surface area contributed by atoms with Gasteiger partial charge >= 0.3 is 6.01 Å². The SMILES string of the molecule is CCOc1nc(N)nc(NC(C)C2CCCC2)n1. The average Bonchev–Trinajstić information content (AvgIpc) is 2.81. The maximum absolute atomic E-state index is 5.64. The zero-order chi connectivity index (χ0) is 13.0. The smallest absolute Gasteiger partial charge is 0.323 e. The molecule has 1 heterocycles. The van der Waals surface area contributed by atoms with Crippen LogP contribution in [0.4, 0.5) is 11.9 Å².